The number of para-hydroxylation sites is 1. The SMILES string of the molecule is CCn1ncc(C(C#N)c2nc3ccccc3s2)c(Cl)c1=O. The molecule has 0 aliphatic heterocycles. The average molecular weight is 331 g/mol. The zero-order chi connectivity index (χ0) is 15.7. The maximum Gasteiger partial charge on any atom is 0.285 e. The molecule has 2 heterocycles. The van der Waals surface area contributed by atoms with Crippen LogP contribution in [0.15, 0.2) is 35.3 Å². The third kappa shape index (κ3) is 2.39. The van der Waals surface area contributed by atoms with E-state index in [2.05, 4.69) is 16.2 Å². The lowest BCUT2D eigenvalue weighted by Gasteiger charge is -2.09. The van der Waals surface area contributed by atoms with E-state index in [1.54, 1.807) is 6.92 Å². The fourth-order valence-electron chi connectivity index (χ4n) is 2.18. The number of rotatable bonds is 3. The number of benzene rings is 1. The van der Waals surface area contributed by atoms with E-state index in [4.69, 9.17) is 11.6 Å². The van der Waals surface area contributed by atoms with Crippen molar-refractivity contribution in [3.63, 3.8) is 0 Å². The summed E-state index contributed by atoms with van der Waals surface area (Å²) in [5.74, 6) is -0.698. The van der Waals surface area contributed by atoms with Crippen LogP contribution in [-0.4, -0.2) is 14.8 Å². The molecule has 0 fully saturated rings. The highest BCUT2D eigenvalue weighted by Crippen LogP contribution is 2.33. The molecule has 22 heavy (non-hydrogen) atoms. The van der Waals surface area contributed by atoms with Crippen LogP contribution in [0.5, 0.6) is 0 Å². The Kier molecular flexibility index (Phi) is 3.92. The Morgan fingerprint density at radius 2 is 2.23 bits per heavy atom. The fourth-order valence-corrected chi connectivity index (χ4v) is 3.46. The number of aryl methyl sites for hydroxylation is 1. The van der Waals surface area contributed by atoms with Gasteiger partial charge in [0.15, 0.2) is 0 Å². The summed E-state index contributed by atoms with van der Waals surface area (Å²) in [7, 11) is 0. The Balaban J connectivity index is 2.14. The maximum atomic E-state index is 12.1. The second-order valence-electron chi connectivity index (χ2n) is 4.62. The van der Waals surface area contributed by atoms with E-state index >= 15 is 0 Å². The highest BCUT2D eigenvalue weighted by Gasteiger charge is 2.23. The van der Waals surface area contributed by atoms with Crippen LogP contribution in [0.3, 0.4) is 0 Å². The molecule has 0 bridgehead atoms. The molecule has 1 atom stereocenters. The van der Waals surface area contributed by atoms with Gasteiger partial charge in [0.25, 0.3) is 5.56 Å². The molecule has 0 aliphatic carbocycles. The van der Waals surface area contributed by atoms with Gasteiger partial charge in [-0.25, -0.2) is 9.67 Å². The van der Waals surface area contributed by atoms with Crippen LogP contribution in [0.4, 0.5) is 0 Å². The Morgan fingerprint density at radius 3 is 2.91 bits per heavy atom. The highest BCUT2D eigenvalue weighted by atomic mass is 35.5. The van der Waals surface area contributed by atoms with Gasteiger partial charge >= 0.3 is 0 Å². The summed E-state index contributed by atoms with van der Waals surface area (Å²) >= 11 is 7.57. The molecular formula is C15H11ClN4OS. The summed E-state index contributed by atoms with van der Waals surface area (Å²) in [6.45, 7) is 2.23. The first-order valence-corrected chi connectivity index (χ1v) is 7.85. The van der Waals surface area contributed by atoms with Crippen molar-refractivity contribution in [2.24, 2.45) is 0 Å². The molecule has 5 nitrogen and oxygen atoms in total. The van der Waals surface area contributed by atoms with E-state index in [0.717, 1.165) is 10.2 Å². The van der Waals surface area contributed by atoms with E-state index in [-0.39, 0.29) is 10.6 Å². The third-order valence-electron chi connectivity index (χ3n) is 3.31. The molecule has 7 heteroatoms. The Morgan fingerprint density at radius 1 is 1.45 bits per heavy atom. The highest BCUT2D eigenvalue weighted by molar-refractivity contribution is 7.18. The molecule has 0 N–H and O–H groups in total. The summed E-state index contributed by atoms with van der Waals surface area (Å²) in [5.41, 5.74) is 0.842. The summed E-state index contributed by atoms with van der Waals surface area (Å²) in [6, 6.07) is 9.82. The van der Waals surface area contributed by atoms with E-state index in [1.807, 2.05) is 24.3 Å². The van der Waals surface area contributed by atoms with Crippen molar-refractivity contribution >= 4 is 33.2 Å². The van der Waals surface area contributed by atoms with Gasteiger partial charge in [-0.3, -0.25) is 4.79 Å². The van der Waals surface area contributed by atoms with Gasteiger partial charge in [0.05, 0.1) is 22.5 Å². The molecule has 1 unspecified atom stereocenters. The first kappa shape index (κ1) is 14.7. The Labute approximate surface area is 135 Å². The molecule has 1 aromatic carbocycles. The van der Waals surface area contributed by atoms with E-state index < -0.39 is 5.92 Å². The number of nitrogens with zero attached hydrogens (tertiary/aromatic N) is 4. The van der Waals surface area contributed by atoms with Crippen LogP contribution in [0.1, 0.15) is 23.4 Å². The minimum absolute atomic E-state index is 0.0302. The van der Waals surface area contributed by atoms with Gasteiger partial charge in [0.1, 0.15) is 15.9 Å². The van der Waals surface area contributed by atoms with E-state index in [0.29, 0.717) is 17.1 Å². The molecule has 3 aromatic rings. The van der Waals surface area contributed by atoms with Crippen LogP contribution in [0, 0.1) is 11.3 Å². The summed E-state index contributed by atoms with van der Waals surface area (Å²) in [4.78, 5) is 16.6. The molecule has 110 valence electrons. The molecule has 0 spiro atoms. The van der Waals surface area contributed by atoms with Crippen LogP contribution in [0.25, 0.3) is 10.2 Å². The van der Waals surface area contributed by atoms with Crippen molar-refractivity contribution in [2.75, 3.05) is 0 Å². The molecule has 0 saturated carbocycles. The number of hydrogen-bond donors (Lipinski definition) is 0. The van der Waals surface area contributed by atoms with E-state index in [1.165, 1.54) is 22.2 Å². The van der Waals surface area contributed by atoms with Gasteiger partial charge in [-0.05, 0) is 19.1 Å². The second-order valence-corrected chi connectivity index (χ2v) is 6.06. The predicted octanol–water partition coefficient (Wildman–Crippen LogP) is 3.18. The number of thiazole rings is 1. The standard InChI is InChI=1S/C15H11ClN4OS/c1-2-20-15(21)13(16)10(8-18-20)9(7-17)14-19-11-5-3-4-6-12(11)22-14/h3-6,8-9H,2H2,1H3. The molecule has 0 amide bonds. The largest absolute Gasteiger partial charge is 0.285 e. The third-order valence-corrected chi connectivity index (χ3v) is 4.79. The minimum Gasteiger partial charge on any atom is -0.266 e. The molecule has 0 saturated heterocycles. The van der Waals surface area contributed by atoms with Gasteiger partial charge in [0.2, 0.25) is 0 Å². The van der Waals surface area contributed by atoms with Crippen molar-refractivity contribution in [1.82, 2.24) is 14.8 Å². The number of hydrogen-bond acceptors (Lipinski definition) is 5. The number of nitriles is 1. The van der Waals surface area contributed by atoms with Crippen molar-refractivity contribution in [2.45, 2.75) is 19.4 Å². The first-order valence-electron chi connectivity index (χ1n) is 6.66. The topological polar surface area (TPSA) is 71.6 Å². The summed E-state index contributed by atoms with van der Waals surface area (Å²) in [5, 5.41) is 14.2. The predicted molar refractivity (Wildman–Crippen MR) is 86.3 cm³/mol. The molecule has 3 rings (SSSR count). The van der Waals surface area contributed by atoms with Gasteiger partial charge < -0.3 is 0 Å². The van der Waals surface area contributed by atoms with Crippen LogP contribution >= 0.6 is 22.9 Å². The minimum atomic E-state index is -0.698. The number of halogens is 1. The summed E-state index contributed by atoms with van der Waals surface area (Å²) in [6.07, 6.45) is 1.48. The lowest BCUT2D eigenvalue weighted by atomic mass is 10.0. The molecule has 0 aliphatic rings. The van der Waals surface area contributed by atoms with E-state index in [9.17, 15) is 10.1 Å². The Hall–Kier alpha value is -2.23. The van der Waals surface area contributed by atoms with Crippen molar-refractivity contribution < 1.29 is 0 Å². The lowest BCUT2D eigenvalue weighted by Crippen LogP contribution is -2.24. The average Bonchev–Trinajstić information content (AvgIpc) is 2.96. The number of fused-ring (bicyclic) bond motifs is 1. The zero-order valence-corrected chi connectivity index (χ0v) is 13.2. The Bertz CT molecular complexity index is 908. The van der Waals surface area contributed by atoms with Crippen molar-refractivity contribution in [3.05, 3.63) is 56.4 Å². The van der Waals surface area contributed by atoms with Gasteiger partial charge in [0, 0.05) is 12.1 Å². The first-order chi connectivity index (χ1) is 10.7. The second kappa shape index (κ2) is 5.87. The fraction of sp³-hybridized carbons (Fsp3) is 0.200. The smallest absolute Gasteiger partial charge is 0.266 e. The quantitative estimate of drug-likeness (QED) is 0.739. The van der Waals surface area contributed by atoms with Crippen LogP contribution in [0.2, 0.25) is 5.02 Å². The maximum absolute atomic E-state index is 12.1. The van der Waals surface area contributed by atoms with Crippen molar-refractivity contribution in [1.29, 1.82) is 5.26 Å². The van der Waals surface area contributed by atoms with Gasteiger partial charge in [-0.2, -0.15) is 10.4 Å². The van der Waals surface area contributed by atoms with Crippen LogP contribution in [-0.2, 0) is 6.54 Å². The normalized spacial score (nSPS) is 12.2. The monoisotopic (exact) mass is 330 g/mol. The lowest BCUT2D eigenvalue weighted by molar-refractivity contribution is 0.610. The van der Waals surface area contributed by atoms with Crippen LogP contribution < -0.4 is 5.56 Å². The van der Waals surface area contributed by atoms with Gasteiger partial charge in [-0.15, -0.1) is 11.3 Å². The molecular weight excluding hydrogens is 320 g/mol. The summed E-state index contributed by atoms with van der Waals surface area (Å²) < 4.78 is 2.25. The van der Waals surface area contributed by atoms with Crippen molar-refractivity contribution in [3.8, 4) is 6.07 Å². The molecule has 2 aromatic heterocycles. The number of aromatic nitrogens is 3. The molecule has 0 radical (unpaired) electrons. The van der Waals surface area contributed by atoms with Gasteiger partial charge in [-0.1, -0.05) is 23.7 Å². The zero-order valence-electron chi connectivity index (χ0n) is 11.7.